The molecule has 238 valence electrons. The molecule has 0 bridgehead atoms. The van der Waals surface area contributed by atoms with Gasteiger partial charge in [-0.2, -0.15) is 0 Å². The number of aliphatic hydroxyl groups is 1. The Bertz CT molecular complexity index is 1270. The fourth-order valence-corrected chi connectivity index (χ4v) is 2.98. The molecule has 0 saturated heterocycles. The van der Waals surface area contributed by atoms with Crippen LogP contribution in [0.5, 0.6) is 23.0 Å². The van der Waals surface area contributed by atoms with Crippen molar-refractivity contribution in [3.63, 3.8) is 0 Å². The number of ether oxygens (including phenoxy) is 2. The van der Waals surface area contributed by atoms with Gasteiger partial charge in [0, 0.05) is 0 Å². The smallest absolute Gasteiger partial charge is 0.504 e. The molecule has 0 atom stereocenters. The number of carbonyl (C=O) groups is 5. The van der Waals surface area contributed by atoms with Crippen molar-refractivity contribution in [1.29, 1.82) is 0 Å². The van der Waals surface area contributed by atoms with E-state index in [4.69, 9.17) is 45.0 Å². The molecule has 0 aliphatic carbocycles. The van der Waals surface area contributed by atoms with Gasteiger partial charge < -0.3 is 55.2 Å². The van der Waals surface area contributed by atoms with Crippen molar-refractivity contribution in [2.24, 2.45) is 0 Å². The summed E-state index contributed by atoms with van der Waals surface area (Å²) in [5, 5.41) is 74.4. The van der Waals surface area contributed by atoms with Gasteiger partial charge in [-0.1, -0.05) is 24.3 Å². The molecule has 0 saturated carbocycles. The summed E-state index contributed by atoms with van der Waals surface area (Å²) >= 11 is 0. The minimum atomic E-state index is -2.74. The van der Waals surface area contributed by atoms with Gasteiger partial charge in [-0.25, -0.2) is 4.79 Å². The zero-order chi connectivity index (χ0) is 34.0. The first-order valence-corrected chi connectivity index (χ1v) is 12.0. The van der Waals surface area contributed by atoms with Gasteiger partial charge in [0.05, 0.1) is 33.5 Å². The Morgan fingerprint density at radius 3 is 1.34 bits per heavy atom. The number of methoxy groups -OCH3 is 2. The third-order valence-corrected chi connectivity index (χ3v) is 4.96. The van der Waals surface area contributed by atoms with E-state index in [1.165, 1.54) is 38.5 Å². The zero-order valence-corrected chi connectivity index (χ0v) is 23.4. The van der Waals surface area contributed by atoms with Crippen LogP contribution in [0, 0.1) is 0 Å². The quantitative estimate of drug-likeness (QED) is 0.0811. The van der Waals surface area contributed by atoms with Crippen LogP contribution in [0.2, 0.25) is 0 Å². The molecular formula is C27H31BO16. The summed E-state index contributed by atoms with van der Waals surface area (Å²) < 4.78 is 10.00. The number of carbonyl (C=O) groups excluding carboxylic acids is 2. The van der Waals surface area contributed by atoms with Crippen molar-refractivity contribution in [3.8, 4) is 23.0 Å². The molecule has 2 aromatic carbocycles. The minimum Gasteiger partial charge on any atom is -0.504 e. The lowest BCUT2D eigenvalue weighted by Crippen LogP contribution is -2.42. The summed E-state index contributed by atoms with van der Waals surface area (Å²) in [6.07, 6.45) is 3.15. The predicted molar refractivity (Wildman–Crippen MR) is 152 cm³/mol. The highest BCUT2D eigenvalue weighted by Crippen LogP contribution is 2.27. The molecule has 0 spiro atoms. The van der Waals surface area contributed by atoms with Crippen LogP contribution in [0.1, 0.15) is 30.4 Å². The molecular weight excluding hydrogens is 591 g/mol. The third-order valence-electron chi connectivity index (χ3n) is 4.96. The highest BCUT2D eigenvalue weighted by molar-refractivity contribution is 6.30. The molecule has 9 N–H and O–H groups in total. The minimum absolute atomic E-state index is 0.00662. The summed E-state index contributed by atoms with van der Waals surface area (Å²) in [7, 11) is 0.699. The van der Waals surface area contributed by atoms with E-state index in [0.29, 0.717) is 22.6 Å². The number of hydrogen-bond acceptors (Lipinski definition) is 13. The molecule has 0 fully saturated rings. The predicted octanol–water partition coefficient (Wildman–Crippen LogP) is 0.0696. The molecule has 0 aliphatic rings. The molecule has 0 aromatic heterocycles. The number of ketones is 2. The Morgan fingerprint density at radius 1 is 0.727 bits per heavy atom. The Kier molecular flexibility index (Phi) is 16.8. The third kappa shape index (κ3) is 15.7. The summed E-state index contributed by atoms with van der Waals surface area (Å²) in [5.41, 5.74) is -1.41. The number of phenols is 2. The highest BCUT2D eigenvalue weighted by atomic mass is 16.5. The number of aliphatic carboxylic acids is 3. The van der Waals surface area contributed by atoms with E-state index in [9.17, 15) is 34.2 Å². The van der Waals surface area contributed by atoms with E-state index in [1.807, 2.05) is 0 Å². The van der Waals surface area contributed by atoms with Gasteiger partial charge in [-0.15, -0.1) is 0 Å². The number of rotatable bonds is 13. The number of hydrogen-bond donors (Lipinski definition) is 9. The monoisotopic (exact) mass is 622 g/mol. The average molecular weight is 622 g/mol. The van der Waals surface area contributed by atoms with Crippen molar-refractivity contribution in [2.45, 2.75) is 24.9 Å². The molecule has 44 heavy (non-hydrogen) atoms. The molecule has 0 radical (unpaired) electrons. The molecule has 0 heterocycles. The van der Waals surface area contributed by atoms with Crippen molar-refractivity contribution >= 4 is 48.9 Å². The van der Waals surface area contributed by atoms with Crippen LogP contribution in [0.15, 0.2) is 48.6 Å². The molecule has 0 unspecified atom stereocenters. The fraction of sp³-hybridized carbons (Fsp3) is 0.222. The van der Waals surface area contributed by atoms with Gasteiger partial charge in [0.15, 0.2) is 40.2 Å². The standard InChI is InChI=1S/C21H20O6.C6H8O7.BH3O3/c1-26-20-11-14(5-9-18(20)24)3-7-16(22)13-17(23)8-4-15-6-10-19(25)21(12-15)27-2;7-3(8)1-6(13,5(11)12)2-4(9)10;2-1(3)4/h3-12,24-25H,13H2,1-2H3;13H,1-2H2,(H,7,8)(H,9,10)(H,11,12);2-4H. The number of benzene rings is 2. The van der Waals surface area contributed by atoms with Crippen LogP contribution in [0.3, 0.4) is 0 Å². The van der Waals surface area contributed by atoms with Crippen LogP contribution in [0.4, 0.5) is 0 Å². The van der Waals surface area contributed by atoms with Crippen LogP contribution in [0.25, 0.3) is 12.2 Å². The number of carboxylic acid groups (broad SMARTS) is 3. The first kappa shape index (κ1) is 38.8. The maximum Gasteiger partial charge on any atom is 0.631 e. The Hall–Kier alpha value is -5.23. The van der Waals surface area contributed by atoms with Crippen molar-refractivity contribution in [2.75, 3.05) is 14.2 Å². The van der Waals surface area contributed by atoms with E-state index in [0.717, 1.165) is 0 Å². The summed E-state index contributed by atoms with van der Waals surface area (Å²) in [6, 6.07) is 9.34. The number of aromatic hydroxyl groups is 2. The van der Waals surface area contributed by atoms with Crippen molar-refractivity contribution in [1.82, 2.24) is 0 Å². The first-order valence-electron chi connectivity index (χ1n) is 12.0. The van der Waals surface area contributed by atoms with Gasteiger partial charge in [-0.3, -0.25) is 19.2 Å². The lowest BCUT2D eigenvalue weighted by molar-refractivity contribution is -0.170. The van der Waals surface area contributed by atoms with E-state index < -0.39 is 43.7 Å². The first-order chi connectivity index (χ1) is 20.4. The zero-order valence-electron chi connectivity index (χ0n) is 23.4. The van der Waals surface area contributed by atoms with E-state index in [2.05, 4.69) is 0 Å². The molecule has 0 aliphatic heterocycles. The summed E-state index contributed by atoms with van der Waals surface area (Å²) in [6.45, 7) is 0. The number of carboxylic acids is 3. The fourth-order valence-electron chi connectivity index (χ4n) is 2.98. The van der Waals surface area contributed by atoms with E-state index in [1.54, 1.807) is 36.4 Å². The number of phenolic OH excluding ortho intramolecular Hbond substituents is 2. The second-order valence-corrected chi connectivity index (χ2v) is 8.46. The molecule has 0 amide bonds. The van der Waals surface area contributed by atoms with Crippen LogP contribution < -0.4 is 9.47 Å². The van der Waals surface area contributed by atoms with Crippen LogP contribution >= 0.6 is 0 Å². The van der Waals surface area contributed by atoms with Crippen molar-refractivity contribution in [3.05, 3.63) is 59.7 Å². The van der Waals surface area contributed by atoms with Gasteiger partial charge in [0.1, 0.15) is 0 Å². The maximum atomic E-state index is 11.9. The lowest BCUT2D eigenvalue weighted by atomic mass is 9.96. The highest BCUT2D eigenvalue weighted by Gasteiger charge is 2.40. The normalized spacial score (nSPS) is 10.6. The lowest BCUT2D eigenvalue weighted by Gasteiger charge is -2.18. The Labute approximate surface area is 250 Å². The maximum absolute atomic E-state index is 11.9. The molecule has 2 rings (SSSR count). The number of allylic oxidation sites excluding steroid dienone is 2. The second kappa shape index (κ2) is 19.1. The van der Waals surface area contributed by atoms with Crippen LogP contribution in [-0.4, -0.2) is 102 Å². The van der Waals surface area contributed by atoms with Gasteiger partial charge in [0.25, 0.3) is 0 Å². The summed E-state index contributed by atoms with van der Waals surface area (Å²) in [5.74, 6) is -5.10. The molecule has 2 aromatic rings. The molecule has 16 nitrogen and oxygen atoms in total. The van der Waals surface area contributed by atoms with Crippen LogP contribution in [-0.2, 0) is 24.0 Å². The van der Waals surface area contributed by atoms with Crippen molar-refractivity contribution < 1.29 is 79.2 Å². The van der Waals surface area contributed by atoms with E-state index >= 15 is 0 Å². The Balaban J connectivity index is 0.000000907. The SMILES string of the molecule is COc1cc(C=CC(=O)CC(=O)C=Cc2ccc(O)c(OC)c2)ccc1O.O=C(O)CC(O)(CC(=O)O)C(=O)O.OB(O)O. The second-order valence-electron chi connectivity index (χ2n) is 8.46. The average Bonchev–Trinajstić information content (AvgIpc) is 2.91. The topological polar surface area (TPSA) is 286 Å². The van der Waals surface area contributed by atoms with Gasteiger partial charge in [0.2, 0.25) is 0 Å². The summed E-state index contributed by atoms with van der Waals surface area (Å²) in [4.78, 5) is 54.3. The van der Waals surface area contributed by atoms with Gasteiger partial charge >= 0.3 is 25.2 Å². The largest absolute Gasteiger partial charge is 0.631 e. The van der Waals surface area contributed by atoms with Gasteiger partial charge in [-0.05, 0) is 47.5 Å². The molecule has 17 heteroatoms. The van der Waals surface area contributed by atoms with E-state index in [-0.39, 0.29) is 29.5 Å². The Morgan fingerprint density at radius 2 is 1.07 bits per heavy atom.